The summed E-state index contributed by atoms with van der Waals surface area (Å²) >= 11 is 0. The van der Waals surface area contributed by atoms with E-state index in [4.69, 9.17) is 6.42 Å². The van der Waals surface area contributed by atoms with E-state index in [0.29, 0.717) is 5.92 Å². The number of pyridine rings is 1. The standard InChI is InChI=1S/C17H20N4/c1-3-14-6-5-9-21(11-14)13-16-12-20(2)19-17(16)15-7-4-8-18-10-15/h1,4,7-8,10,12,14H,5-6,9,11,13H2,2H3. The Morgan fingerprint density at radius 1 is 1.48 bits per heavy atom. The highest BCUT2D eigenvalue weighted by molar-refractivity contribution is 5.61. The van der Waals surface area contributed by atoms with Gasteiger partial charge in [-0.3, -0.25) is 14.6 Å². The molecule has 0 spiro atoms. The minimum atomic E-state index is 0.386. The molecule has 1 aliphatic rings. The lowest BCUT2D eigenvalue weighted by Crippen LogP contribution is -2.34. The molecule has 3 heterocycles. The highest BCUT2D eigenvalue weighted by Gasteiger charge is 2.20. The van der Waals surface area contributed by atoms with Gasteiger partial charge in [-0.2, -0.15) is 5.10 Å². The van der Waals surface area contributed by atoms with E-state index < -0.39 is 0 Å². The average Bonchev–Trinajstić information content (AvgIpc) is 2.89. The SMILES string of the molecule is C#CC1CCCN(Cc2cn(C)nc2-c2cccnc2)C1. The summed E-state index contributed by atoms with van der Waals surface area (Å²) < 4.78 is 1.88. The predicted octanol–water partition coefficient (Wildman–Crippen LogP) is 2.33. The molecule has 4 nitrogen and oxygen atoms in total. The van der Waals surface area contributed by atoms with Gasteiger partial charge in [0.15, 0.2) is 0 Å². The number of hydrogen-bond donors (Lipinski definition) is 0. The summed E-state index contributed by atoms with van der Waals surface area (Å²) in [6.45, 7) is 2.99. The highest BCUT2D eigenvalue weighted by atomic mass is 15.3. The maximum Gasteiger partial charge on any atom is 0.0983 e. The van der Waals surface area contributed by atoms with Crippen LogP contribution in [0.15, 0.2) is 30.7 Å². The molecule has 108 valence electrons. The number of aryl methyl sites for hydroxylation is 1. The Bertz CT molecular complexity index is 639. The molecule has 0 aromatic carbocycles. The van der Waals surface area contributed by atoms with Crippen molar-refractivity contribution in [3.63, 3.8) is 0 Å². The van der Waals surface area contributed by atoms with E-state index in [2.05, 4.69) is 33.2 Å². The Morgan fingerprint density at radius 3 is 3.14 bits per heavy atom. The third-order valence-corrected chi connectivity index (χ3v) is 3.97. The van der Waals surface area contributed by atoms with Gasteiger partial charge in [0.25, 0.3) is 0 Å². The molecular formula is C17H20N4. The molecule has 1 saturated heterocycles. The van der Waals surface area contributed by atoms with Crippen molar-refractivity contribution < 1.29 is 0 Å². The van der Waals surface area contributed by atoms with Gasteiger partial charge in [0.1, 0.15) is 0 Å². The van der Waals surface area contributed by atoms with Crippen LogP contribution in [0, 0.1) is 18.3 Å². The smallest absolute Gasteiger partial charge is 0.0983 e. The molecule has 0 saturated carbocycles. The first kappa shape index (κ1) is 13.8. The van der Waals surface area contributed by atoms with E-state index in [1.165, 1.54) is 12.0 Å². The highest BCUT2D eigenvalue weighted by Crippen LogP contribution is 2.24. The zero-order valence-electron chi connectivity index (χ0n) is 12.4. The van der Waals surface area contributed by atoms with Gasteiger partial charge in [0, 0.05) is 55.8 Å². The second-order valence-corrected chi connectivity index (χ2v) is 5.66. The number of likely N-dealkylation sites (tertiary alicyclic amines) is 1. The number of aromatic nitrogens is 3. The average molecular weight is 280 g/mol. The summed E-state index contributed by atoms with van der Waals surface area (Å²) in [7, 11) is 1.96. The summed E-state index contributed by atoms with van der Waals surface area (Å²) in [5, 5.41) is 4.60. The number of terminal acetylenes is 1. The lowest BCUT2D eigenvalue weighted by molar-refractivity contribution is 0.193. The van der Waals surface area contributed by atoms with Crippen LogP contribution in [0.3, 0.4) is 0 Å². The van der Waals surface area contributed by atoms with Gasteiger partial charge in [-0.15, -0.1) is 12.3 Å². The summed E-state index contributed by atoms with van der Waals surface area (Å²) in [5.74, 6) is 3.29. The molecule has 2 aromatic heterocycles. The van der Waals surface area contributed by atoms with Gasteiger partial charge in [-0.1, -0.05) is 0 Å². The molecule has 1 unspecified atom stereocenters. The van der Waals surface area contributed by atoms with E-state index in [1.807, 2.05) is 24.0 Å². The Kier molecular flexibility index (Phi) is 4.03. The monoisotopic (exact) mass is 280 g/mol. The van der Waals surface area contributed by atoms with Gasteiger partial charge < -0.3 is 0 Å². The molecule has 0 bridgehead atoms. The first-order valence-corrected chi connectivity index (χ1v) is 7.37. The number of piperidine rings is 1. The van der Waals surface area contributed by atoms with Crippen LogP contribution in [0.2, 0.25) is 0 Å². The maximum absolute atomic E-state index is 5.58. The van der Waals surface area contributed by atoms with Crippen LogP contribution in [-0.2, 0) is 13.6 Å². The lowest BCUT2D eigenvalue weighted by Gasteiger charge is -2.30. The fraction of sp³-hybridized carbons (Fsp3) is 0.412. The molecule has 0 aliphatic carbocycles. The van der Waals surface area contributed by atoms with Crippen molar-refractivity contribution in [1.82, 2.24) is 19.7 Å². The Labute approximate surface area is 125 Å². The molecule has 21 heavy (non-hydrogen) atoms. The first-order chi connectivity index (χ1) is 10.3. The molecule has 1 fully saturated rings. The van der Waals surface area contributed by atoms with Gasteiger partial charge in [-0.25, -0.2) is 0 Å². The van der Waals surface area contributed by atoms with Crippen molar-refractivity contribution in [2.75, 3.05) is 13.1 Å². The first-order valence-electron chi connectivity index (χ1n) is 7.37. The van der Waals surface area contributed by atoms with Crippen LogP contribution in [0.1, 0.15) is 18.4 Å². The summed E-state index contributed by atoms with van der Waals surface area (Å²) in [6, 6.07) is 4.00. The van der Waals surface area contributed by atoms with E-state index in [0.717, 1.165) is 37.3 Å². The van der Waals surface area contributed by atoms with Crippen LogP contribution < -0.4 is 0 Å². The van der Waals surface area contributed by atoms with Crippen LogP contribution in [0.4, 0.5) is 0 Å². The normalized spacial score (nSPS) is 19.3. The fourth-order valence-electron chi connectivity index (χ4n) is 2.98. The third-order valence-electron chi connectivity index (χ3n) is 3.97. The van der Waals surface area contributed by atoms with Crippen molar-refractivity contribution in [2.24, 2.45) is 13.0 Å². The molecule has 3 rings (SSSR count). The topological polar surface area (TPSA) is 34.0 Å². The molecule has 2 aromatic rings. The molecule has 1 aliphatic heterocycles. The maximum atomic E-state index is 5.58. The number of rotatable bonds is 3. The minimum absolute atomic E-state index is 0.386. The number of hydrogen-bond acceptors (Lipinski definition) is 3. The zero-order chi connectivity index (χ0) is 14.7. The van der Waals surface area contributed by atoms with Crippen LogP contribution in [0.5, 0.6) is 0 Å². The van der Waals surface area contributed by atoms with E-state index in [-0.39, 0.29) is 0 Å². The second kappa shape index (κ2) is 6.11. The van der Waals surface area contributed by atoms with Crippen molar-refractivity contribution in [2.45, 2.75) is 19.4 Å². The summed E-state index contributed by atoms with van der Waals surface area (Å²) in [6.07, 6.45) is 13.7. The van der Waals surface area contributed by atoms with Crippen molar-refractivity contribution in [1.29, 1.82) is 0 Å². The third kappa shape index (κ3) is 3.14. The van der Waals surface area contributed by atoms with Gasteiger partial charge in [0.05, 0.1) is 5.69 Å². The second-order valence-electron chi connectivity index (χ2n) is 5.66. The molecule has 0 amide bonds. The lowest BCUT2D eigenvalue weighted by atomic mass is 9.98. The van der Waals surface area contributed by atoms with Crippen LogP contribution in [0.25, 0.3) is 11.3 Å². The van der Waals surface area contributed by atoms with Gasteiger partial charge in [0.2, 0.25) is 0 Å². The van der Waals surface area contributed by atoms with Gasteiger partial charge >= 0.3 is 0 Å². The van der Waals surface area contributed by atoms with E-state index in [1.54, 1.807) is 6.20 Å². The molecule has 0 N–H and O–H groups in total. The van der Waals surface area contributed by atoms with Crippen LogP contribution in [-0.4, -0.2) is 32.8 Å². The molecular weight excluding hydrogens is 260 g/mol. The van der Waals surface area contributed by atoms with Crippen molar-refractivity contribution in [3.8, 4) is 23.6 Å². The Morgan fingerprint density at radius 2 is 2.38 bits per heavy atom. The summed E-state index contributed by atoms with van der Waals surface area (Å²) in [4.78, 5) is 6.63. The van der Waals surface area contributed by atoms with E-state index in [9.17, 15) is 0 Å². The fourth-order valence-corrected chi connectivity index (χ4v) is 2.98. The molecule has 4 heteroatoms. The summed E-state index contributed by atoms with van der Waals surface area (Å²) in [5.41, 5.74) is 3.33. The van der Waals surface area contributed by atoms with Crippen molar-refractivity contribution >= 4 is 0 Å². The minimum Gasteiger partial charge on any atom is -0.298 e. The predicted molar refractivity (Wildman–Crippen MR) is 83.3 cm³/mol. The Hall–Kier alpha value is -2.12. The molecule has 1 atom stereocenters. The van der Waals surface area contributed by atoms with E-state index >= 15 is 0 Å². The Balaban J connectivity index is 1.81. The largest absolute Gasteiger partial charge is 0.298 e. The zero-order valence-corrected chi connectivity index (χ0v) is 12.4. The van der Waals surface area contributed by atoms with Gasteiger partial charge in [-0.05, 0) is 31.5 Å². The van der Waals surface area contributed by atoms with Crippen molar-refractivity contribution in [3.05, 3.63) is 36.3 Å². The molecule has 0 radical (unpaired) electrons. The van der Waals surface area contributed by atoms with Crippen LogP contribution >= 0.6 is 0 Å². The number of nitrogens with zero attached hydrogens (tertiary/aromatic N) is 4. The quantitative estimate of drug-likeness (QED) is 0.809.